The van der Waals surface area contributed by atoms with Crippen LogP contribution in [0.25, 0.3) is 0 Å². The molecule has 0 aliphatic heterocycles. The number of carbonyl (C=O) groups excluding carboxylic acids is 1. The fourth-order valence-electron chi connectivity index (χ4n) is 1.65. The molecular weight excluding hydrogens is 276 g/mol. The van der Waals surface area contributed by atoms with Crippen LogP contribution >= 0.6 is 0 Å². The fourth-order valence-corrected chi connectivity index (χ4v) is 1.65. The second-order valence-corrected chi connectivity index (χ2v) is 4.31. The zero-order valence-corrected chi connectivity index (χ0v) is 11.4. The first-order chi connectivity index (χ1) is 10.1. The molecular formula is C13H14N4O4. The van der Waals surface area contributed by atoms with Gasteiger partial charge in [0.15, 0.2) is 5.82 Å². The van der Waals surface area contributed by atoms with Crippen LogP contribution in [0.1, 0.15) is 39.1 Å². The van der Waals surface area contributed by atoms with Crippen molar-refractivity contribution in [2.24, 2.45) is 0 Å². The molecule has 2 N–H and O–H groups in total. The van der Waals surface area contributed by atoms with E-state index in [-0.39, 0.29) is 11.4 Å². The third kappa shape index (κ3) is 4.10. The second kappa shape index (κ2) is 6.60. The Morgan fingerprint density at radius 2 is 2.05 bits per heavy atom. The van der Waals surface area contributed by atoms with Gasteiger partial charge in [-0.25, -0.2) is 9.78 Å². The maximum Gasteiger partial charge on any atom is 0.354 e. The summed E-state index contributed by atoms with van der Waals surface area (Å²) in [7, 11) is 0. The SMILES string of the molecule is Cc1noc(CCCNC(=O)c2cccc(C(=O)O)n2)n1. The number of amides is 1. The summed E-state index contributed by atoms with van der Waals surface area (Å²) in [5.41, 5.74) is -0.0903. The van der Waals surface area contributed by atoms with Crippen LogP contribution in [-0.4, -0.2) is 38.7 Å². The fraction of sp³-hybridized carbons (Fsp3) is 0.308. The molecule has 0 saturated carbocycles. The van der Waals surface area contributed by atoms with Crippen molar-refractivity contribution in [3.8, 4) is 0 Å². The highest BCUT2D eigenvalue weighted by molar-refractivity contribution is 5.94. The summed E-state index contributed by atoms with van der Waals surface area (Å²) in [6.07, 6.45) is 1.19. The summed E-state index contributed by atoms with van der Waals surface area (Å²) in [6, 6.07) is 4.27. The second-order valence-electron chi connectivity index (χ2n) is 4.31. The molecule has 0 saturated heterocycles. The van der Waals surface area contributed by atoms with Crippen molar-refractivity contribution in [2.45, 2.75) is 19.8 Å². The van der Waals surface area contributed by atoms with Gasteiger partial charge in [0.1, 0.15) is 11.4 Å². The van der Waals surface area contributed by atoms with Crippen LogP contribution in [0.4, 0.5) is 0 Å². The molecule has 2 heterocycles. The van der Waals surface area contributed by atoms with Crippen molar-refractivity contribution < 1.29 is 19.2 Å². The first-order valence-corrected chi connectivity index (χ1v) is 6.34. The zero-order valence-electron chi connectivity index (χ0n) is 11.4. The standard InChI is InChI=1S/C13H14N4O4/c1-8-15-11(21-17-8)6-3-7-14-12(18)9-4-2-5-10(16-9)13(19)20/h2,4-5H,3,6-7H2,1H3,(H,14,18)(H,19,20). The van der Waals surface area contributed by atoms with Gasteiger partial charge in [-0.1, -0.05) is 11.2 Å². The highest BCUT2D eigenvalue weighted by Crippen LogP contribution is 2.01. The summed E-state index contributed by atoms with van der Waals surface area (Å²) in [5.74, 6) is -0.493. The molecule has 2 rings (SSSR count). The van der Waals surface area contributed by atoms with E-state index in [0.717, 1.165) is 0 Å². The molecule has 8 nitrogen and oxygen atoms in total. The van der Waals surface area contributed by atoms with Crippen molar-refractivity contribution in [3.63, 3.8) is 0 Å². The number of pyridine rings is 1. The molecule has 0 aliphatic rings. The number of carboxylic acid groups (broad SMARTS) is 1. The van der Waals surface area contributed by atoms with Gasteiger partial charge in [-0.15, -0.1) is 0 Å². The van der Waals surface area contributed by atoms with Gasteiger partial charge in [0.2, 0.25) is 5.89 Å². The lowest BCUT2D eigenvalue weighted by Crippen LogP contribution is -2.26. The van der Waals surface area contributed by atoms with E-state index in [0.29, 0.717) is 31.1 Å². The molecule has 8 heteroatoms. The van der Waals surface area contributed by atoms with Crippen molar-refractivity contribution >= 4 is 11.9 Å². The third-order valence-corrected chi connectivity index (χ3v) is 2.62. The molecule has 1 amide bonds. The first-order valence-electron chi connectivity index (χ1n) is 6.34. The summed E-state index contributed by atoms with van der Waals surface area (Å²) in [6.45, 7) is 2.13. The van der Waals surface area contributed by atoms with E-state index in [2.05, 4.69) is 20.4 Å². The van der Waals surface area contributed by atoms with Crippen LogP contribution in [0, 0.1) is 6.92 Å². The predicted octanol–water partition coefficient (Wildman–Crippen LogP) is 0.834. The van der Waals surface area contributed by atoms with E-state index < -0.39 is 11.9 Å². The van der Waals surface area contributed by atoms with Gasteiger partial charge in [-0.05, 0) is 25.5 Å². The average Bonchev–Trinajstić information content (AvgIpc) is 2.89. The van der Waals surface area contributed by atoms with Crippen LogP contribution in [0.5, 0.6) is 0 Å². The molecule has 0 radical (unpaired) electrons. The van der Waals surface area contributed by atoms with E-state index >= 15 is 0 Å². The van der Waals surface area contributed by atoms with Gasteiger partial charge in [-0.2, -0.15) is 4.98 Å². The molecule has 0 unspecified atom stereocenters. The molecule has 0 aromatic carbocycles. The van der Waals surface area contributed by atoms with Crippen LogP contribution < -0.4 is 5.32 Å². The number of nitrogens with zero attached hydrogens (tertiary/aromatic N) is 3. The molecule has 0 fully saturated rings. The van der Waals surface area contributed by atoms with Gasteiger partial charge in [-0.3, -0.25) is 4.79 Å². The maximum absolute atomic E-state index is 11.8. The summed E-state index contributed by atoms with van der Waals surface area (Å²) in [4.78, 5) is 30.4. The molecule has 0 aliphatic carbocycles. The smallest absolute Gasteiger partial charge is 0.354 e. The minimum atomic E-state index is -1.17. The van der Waals surface area contributed by atoms with Crippen LogP contribution in [0.2, 0.25) is 0 Å². The zero-order chi connectivity index (χ0) is 15.2. The van der Waals surface area contributed by atoms with Crippen molar-refractivity contribution in [3.05, 3.63) is 41.3 Å². The highest BCUT2D eigenvalue weighted by atomic mass is 16.5. The molecule has 110 valence electrons. The Kier molecular flexibility index (Phi) is 4.60. The Morgan fingerprint density at radius 3 is 2.71 bits per heavy atom. The minimum absolute atomic E-state index is 0.0727. The number of carbonyl (C=O) groups is 2. The summed E-state index contributed by atoms with van der Waals surface area (Å²) < 4.78 is 4.95. The maximum atomic E-state index is 11.8. The lowest BCUT2D eigenvalue weighted by Gasteiger charge is -2.04. The van der Waals surface area contributed by atoms with Gasteiger partial charge >= 0.3 is 5.97 Å². The molecule has 2 aromatic rings. The Bertz CT molecular complexity index is 653. The van der Waals surface area contributed by atoms with E-state index in [1.54, 1.807) is 6.92 Å². The third-order valence-electron chi connectivity index (χ3n) is 2.62. The number of hydrogen-bond acceptors (Lipinski definition) is 6. The Balaban J connectivity index is 1.81. The summed E-state index contributed by atoms with van der Waals surface area (Å²) >= 11 is 0. The highest BCUT2D eigenvalue weighted by Gasteiger charge is 2.11. The summed E-state index contributed by atoms with van der Waals surface area (Å²) in [5, 5.41) is 15.1. The van der Waals surface area contributed by atoms with E-state index in [9.17, 15) is 9.59 Å². The van der Waals surface area contributed by atoms with E-state index in [1.807, 2.05) is 0 Å². The van der Waals surface area contributed by atoms with Crippen molar-refractivity contribution in [1.29, 1.82) is 0 Å². The quantitative estimate of drug-likeness (QED) is 0.756. The number of aromatic carboxylic acids is 1. The van der Waals surface area contributed by atoms with Gasteiger partial charge in [0.25, 0.3) is 5.91 Å². The van der Waals surface area contributed by atoms with E-state index in [1.165, 1.54) is 18.2 Å². The molecule has 21 heavy (non-hydrogen) atoms. The van der Waals surface area contributed by atoms with Crippen molar-refractivity contribution in [2.75, 3.05) is 6.54 Å². The lowest BCUT2D eigenvalue weighted by atomic mass is 10.2. The van der Waals surface area contributed by atoms with Crippen LogP contribution in [0.15, 0.2) is 22.7 Å². The van der Waals surface area contributed by atoms with Crippen LogP contribution in [-0.2, 0) is 6.42 Å². The largest absolute Gasteiger partial charge is 0.477 e. The Labute approximate surface area is 120 Å². The normalized spacial score (nSPS) is 10.3. The number of rotatable bonds is 6. The molecule has 0 bridgehead atoms. The molecule has 0 atom stereocenters. The first kappa shape index (κ1) is 14.6. The predicted molar refractivity (Wildman–Crippen MR) is 70.9 cm³/mol. The van der Waals surface area contributed by atoms with Crippen LogP contribution in [0.3, 0.4) is 0 Å². The number of nitrogens with one attached hydrogen (secondary N) is 1. The average molecular weight is 290 g/mol. The van der Waals surface area contributed by atoms with Crippen molar-refractivity contribution in [1.82, 2.24) is 20.4 Å². The monoisotopic (exact) mass is 290 g/mol. The number of aryl methyl sites for hydroxylation is 2. The van der Waals surface area contributed by atoms with Gasteiger partial charge < -0.3 is 14.9 Å². The van der Waals surface area contributed by atoms with Gasteiger partial charge in [0, 0.05) is 13.0 Å². The van der Waals surface area contributed by atoms with Gasteiger partial charge in [0.05, 0.1) is 0 Å². The Hall–Kier alpha value is -2.77. The Morgan fingerprint density at radius 1 is 1.29 bits per heavy atom. The lowest BCUT2D eigenvalue weighted by molar-refractivity contribution is 0.0690. The number of hydrogen-bond donors (Lipinski definition) is 2. The molecule has 2 aromatic heterocycles. The minimum Gasteiger partial charge on any atom is -0.477 e. The number of carboxylic acids is 1. The topological polar surface area (TPSA) is 118 Å². The molecule has 0 spiro atoms. The number of aromatic nitrogens is 3. The van der Waals surface area contributed by atoms with E-state index in [4.69, 9.17) is 9.63 Å².